The maximum Gasteiger partial charge on any atom is 0.182 e. The van der Waals surface area contributed by atoms with Crippen LogP contribution >= 0.6 is 15.9 Å². The van der Waals surface area contributed by atoms with E-state index in [1.165, 1.54) is 0 Å². The normalized spacial score (nSPS) is 14.1. The van der Waals surface area contributed by atoms with E-state index in [0.29, 0.717) is 29.2 Å². The summed E-state index contributed by atoms with van der Waals surface area (Å²) in [5.74, 6) is 0.714. The Morgan fingerprint density at radius 2 is 2.13 bits per heavy atom. The first-order valence-electron chi connectivity index (χ1n) is 4.45. The third kappa shape index (κ3) is 1.73. The van der Waals surface area contributed by atoms with Gasteiger partial charge in [-0.1, -0.05) is 0 Å². The second-order valence-electron chi connectivity index (χ2n) is 3.07. The van der Waals surface area contributed by atoms with Crippen LogP contribution in [0, 0.1) is 11.3 Å². The molecule has 78 valence electrons. The predicted octanol–water partition coefficient (Wildman–Crippen LogP) is 2.19. The number of nitriles is 1. The van der Waals surface area contributed by atoms with Gasteiger partial charge >= 0.3 is 0 Å². The number of nitrogens with zero attached hydrogens (tertiary/aromatic N) is 1. The Bertz CT molecular complexity index is 439. The van der Waals surface area contributed by atoms with Crippen molar-refractivity contribution in [3.8, 4) is 23.3 Å². The Morgan fingerprint density at radius 3 is 2.87 bits per heavy atom. The Hall–Kier alpha value is -1.41. The van der Waals surface area contributed by atoms with E-state index >= 15 is 0 Å². The molecule has 0 aromatic heterocycles. The summed E-state index contributed by atoms with van der Waals surface area (Å²) in [4.78, 5) is 0. The van der Waals surface area contributed by atoms with Crippen molar-refractivity contribution >= 4 is 15.9 Å². The molecular formula is C10H8BrNO3. The molecule has 5 heteroatoms. The highest BCUT2D eigenvalue weighted by Gasteiger charge is 2.20. The van der Waals surface area contributed by atoms with E-state index < -0.39 is 0 Å². The quantitative estimate of drug-likeness (QED) is 0.784. The third-order valence-corrected chi connectivity index (χ3v) is 2.68. The minimum Gasteiger partial charge on any atom is -0.505 e. The second kappa shape index (κ2) is 3.99. The first-order chi connectivity index (χ1) is 7.24. The second-order valence-corrected chi connectivity index (χ2v) is 3.93. The fourth-order valence-electron chi connectivity index (χ4n) is 1.37. The largest absolute Gasteiger partial charge is 0.505 e. The highest BCUT2D eigenvalue weighted by Crippen LogP contribution is 2.42. The fraction of sp³-hybridized carbons (Fsp3) is 0.300. The average Bonchev–Trinajstić information content (AvgIpc) is 2.45. The van der Waals surface area contributed by atoms with E-state index in [1.54, 1.807) is 6.07 Å². The Labute approximate surface area is 95.2 Å². The molecule has 0 unspecified atom stereocenters. The molecule has 1 aliphatic heterocycles. The SMILES string of the molecule is N#Cc1c(O)c(Br)cc2c1OCCCO2. The minimum absolute atomic E-state index is 0.109. The van der Waals surface area contributed by atoms with Crippen LogP contribution in [-0.2, 0) is 0 Å². The van der Waals surface area contributed by atoms with Crippen molar-refractivity contribution < 1.29 is 14.6 Å². The van der Waals surface area contributed by atoms with Gasteiger partial charge in [-0.05, 0) is 15.9 Å². The smallest absolute Gasteiger partial charge is 0.182 e. The molecule has 0 bridgehead atoms. The van der Waals surface area contributed by atoms with E-state index in [4.69, 9.17) is 14.7 Å². The van der Waals surface area contributed by atoms with Gasteiger partial charge in [0.05, 0.1) is 17.7 Å². The fourth-order valence-corrected chi connectivity index (χ4v) is 1.77. The number of phenolic OH excluding ortho intramolecular Hbond substituents is 1. The molecule has 0 fully saturated rings. The summed E-state index contributed by atoms with van der Waals surface area (Å²) in [6, 6.07) is 3.51. The lowest BCUT2D eigenvalue weighted by molar-refractivity contribution is 0.296. The first kappa shape index (κ1) is 10.1. The van der Waals surface area contributed by atoms with Gasteiger partial charge < -0.3 is 14.6 Å². The molecular weight excluding hydrogens is 262 g/mol. The van der Waals surface area contributed by atoms with Crippen LogP contribution in [0.15, 0.2) is 10.5 Å². The Kier molecular flexibility index (Phi) is 2.69. The van der Waals surface area contributed by atoms with Gasteiger partial charge in [0, 0.05) is 12.5 Å². The molecule has 1 heterocycles. The van der Waals surface area contributed by atoms with Crippen molar-refractivity contribution in [3.05, 3.63) is 16.1 Å². The molecule has 15 heavy (non-hydrogen) atoms. The number of rotatable bonds is 0. The zero-order valence-electron chi connectivity index (χ0n) is 7.79. The average molecular weight is 270 g/mol. The number of halogens is 1. The minimum atomic E-state index is -0.109. The lowest BCUT2D eigenvalue weighted by atomic mass is 10.2. The van der Waals surface area contributed by atoms with Crippen LogP contribution in [0.2, 0.25) is 0 Å². The van der Waals surface area contributed by atoms with Gasteiger partial charge in [0.2, 0.25) is 0 Å². The van der Waals surface area contributed by atoms with Crippen LogP contribution < -0.4 is 9.47 Å². The lowest BCUT2D eigenvalue weighted by Gasteiger charge is -2.10. The van der Waals surface area contributed by atoms with Gasteiger partial charge in [0.25, 0.3) is 0 Å². The summed E-state index contributed by atoms with van der Waals surface area (Å²) in [6.45, 7) is 1.04. The van der Waals surface area contributed by atoms with Crippen LogP contribution in [0.3, 0.4) is 0 Å². The molecule has 0 saturated heterocycles. The molecule has 4 nitrogen and oxygen atoms in total. The summed E-state index contributed by atoms with van der Waals surface area (Å²) < 4.78 is 11.2. The molecule has 0 spiro atoms. The number of ether oxygens (including phenoxy) is 2. The van der Waals surface area contributed by atoms with Gasteiger partial charge in [-0.25, -0.2) is 0 Å². The number of aromatic hydroxyl groups is 1. The molecule has 0 atom stereocenters. The van der Waals surface area contributed by atoms with Crippen molar-refractivity contribution in [2.24, 2.45) is 0 Å². The standard InChI is InChI=1S/C10H8BrNO3/c11-7-4-8-10(6(5-12)9(7)13)15-3-1-2-14-8/h4,13H,1-3H2. The monoisotopic (exact) mass is 269 g/mol. The van der Waals surface area contributed by atoms with Crippen molar-refractivity contribution in [3.63, 3.8) is 0 Å². The highest BCUT2D eigenvalue weighted by atomic mass is 79.9. The summed E-state index contributed by atoms with van der Waals surface area (Å²) in [5.41, 5.74) is 0.112. The van der Waals surface area contributed by atoms with Gasteiger partial charge in [-0.2, -0.15) is 5.26 Å². The molecule has 0 radical (unpaired) electrons. The maximum atomic E-state index is 9.64. The lowest BCUT2D eigenvalue weighted by Crippen LogP contribution is -1.98. The molecule has 1 aliphatic rings. The Balaban J connectivity index is 2.62. The van der Waals surface area contributed by atoms with E-state index in [0.717, 1.165) is 6.42 Å². The third-order valence-electron chi connectivity index (χ3n) is 2.08. The van der Waals surface area contributed by atoms with Crippen molar-refractivity contribution in [2.45, 2.75) is 6.42 Å². The maximum absolute atomic E-state index is 9.64. The molecule has 1 aromatic rings. The summed E-state index contributed by atoms with van der Waals surface area (Å²) >= 11 is 3.15. The van der Waals surface area contributed by atoms with Crippen LogP contribution in [0.4, 0.5) is 0 Å². The Morgan fingerprint density at radius 1 is 1.40 bits per heavy atom. The number of benzene rings is 1. The van der Waals surface area contributed by atoms with Gasteiger partial charge in [0.15, 0.2) is 17.2 Å². The zero-order valence-corrected chi connectivity index (χ0v) is 9.37. The number of hydrogen-bond acceptors (Lipinski definition) is 4. The van der Waals surface area contributed by atoms with Crippen molar-refractivity contribution in [1.82, 2.24) is 0 Å². The van der Waals surface area contributed by atoms with Gasteiger partial charge in [-0.15, -0.1) is 0 Å². The van der Waals surface area contributed by atoms with Crippen LogP contribution in [0.1, 0.15) is 12.0 Å². The molecule has 1 aromatic carbocycles. The predicted molar refractivity (Wildman–Crippen MR) is 56.1 cm³/mol. The number of fused-ring (bicyclic) bond motifs is 1. The van der Waals surface area contributed by atoms with E-state index in [-0.39, 0.29) is 11.3 Å². The summed E-state index contributed by atoms with van der Waals surface area (Å²) in [7, 11) is 0. The number of hydrogen-bond donors (Lipinski definition) is 1. The highest BCUT2D eigenvalue weighted by molar-refractivity contribution is 9.10. The van der Waals surface area contributed by atoms with Crippen molar-refractivity contribution in [1.29, 1.82) is 5.26 Å². The molecule has 0 aliphatic carbocycles. The van der Waals surface area contributed by atoms with Crippen molar-refractivity contribution in [2.75, 3.05) is 13.2 Å². The number of phenols is 1. The van der Waals surface area contributed by atoms with Crippen LogP contribution in [-0.4, -0.2) is 18.3 Å². The first-order valence-corrected chi connectivity index (χ1v) is 5.24. The molecule has 2 rings (SSSR count). The molecule has 0 saturated carbocycles. The van der Waals surface area contributed by atoms with E-state index in [1.807, 2.05) is 6.07 Å². The zero-order chi connectivity index (χ0) is 10.8. The van der Waals surface area contributed by atoms with E-state index in [2.05, 4.69) is 15.9 Å². The van der Waals surface area contributed by atoms with Crippen LogP contribution in [0.25, 0.3) is 0 Å². The van der Waals surface area contributed by atoms with Gasteiger partial charge in [0.1, 0.15) is 11.6 Å². The van der Waals surface area contributed by atoms with Crippen LogP contribution in [0.5, 0.6) is 17.2 Å². The molecule has 0 amide bonds. The summed E-state index contributed by atoms with van der Waals surface area (Å²) in [6.07, 6.45) is 0.762. The summed E-state index contributed by atoms with van der Waals surface area (Å²) in [5, 5.41) is 18.6. The van der Waals surface area contributed by atoms with Gasteiger partial charge in [-0.3, -0.25) is 0 Å². The van der Waals surface area contributed by atoms with E-state index in [9.17, 15) is 5.11 Å². The topological polar surface area (TPSA) is 62.5 Å². The molecule has 1 N–H and O–H groups in total.